The van der Waals surface area contributed by atoms with Crippen molar-refractivity contribution in [3.05, 3.63) is 95.3 Å². The van der Waals surface area contributed by atoms with Gasteiger partial charge >= 0.3 is 6.18 Å². The number of nitrogens with zero attached hydrogens (tertiary/aromatic N) is 2. The van der Waals surface area contributed by atoms with Crippen LogP contribution >= 0.6 is 0 Å². The highest BCUT2D eigenvalue weighted by Crippen LogP contribution is 2.51. The van der Waals surface area contributed by atoms with Crippen molar-refractivity contribution in [3.63, 3.8) is 0 Å². The molecule has 27 heavy (non-hydrogen) atoms. The van der Waals surface area contributed by atoms with Crippen LogP contribution in [0.1, 0.15) is 28.4 Å². The molecule has 3 nitrogen and oxygen atoms in total. The number of rotatable bonds is 2. The first-order chi connectivity index (χ1) is 13.0. The van der Waals surface area contributed by atoms with E-state index in [-0.39, 0.29) is 0 Å². The maximum atomic E-state index is 12.9. The van der Waals surface area contributed by atoms with Gasteiger partial charge in [0.25, 0.3) is 0 Å². The number of alkyl halides is 3. The normalized spacial score (nSPS) is 21.2. The third-order valence-corrected chi connectivity index (χ3v) is 4.89. The molecule has 6 heteroatoms. The maximum absolute atomic E-state index is 12.9. The lowest BCUT2D eigenvalue weighted by atomic mass is 9.72. The Hall–Kier alpha value is -3.33. The van der Waals surface area contributed by atoms with E-state index in [1.54, 1.807) is 12.3 Å². The monoisotopic (exact) mass is 365 g/mol. The fourth-order valence-electron chi connectivity index (χ4n) is 3.62. The number of anilines is 1. The summed E-state index contributed by atoms with van der Waals surface area (Å²) in [6.45, 7) is 0. The van der Waals surface area contributed by atoms with E-state index in [4.69, 9.17) is 0 Å². The minimum atomic E-state index is -4.40. The first kappa shape index (κ1) is 17.1. The molecule has 0 spiro atoms. The highest BCUT2D eigenvalue weighted by Gasteiger charge is 2.51. The molecule has 4 rings (SSSR count). The summed E-state index contributed by atoms with van der Waals surface area (Å²) in [5, 5.41) is 13.5. The molecule has 134 valence electrons. The molecular weight excluding hydrogens is 351 g/mol. The van der Waals surface area contributed by atoms with Crippen molar-refractivity contribution in [1.82, 2.24) is 4.98 Å². The van der Waals surface area contributed by atoms with Gasteiger partial charge in [-0.25, -0.2) is 0 Å². The van der Waals surface area contributed by atoms with Crippen LogP contribution in [0.2, 0.25) is 0 Å². The van der Waals surface area contributed by atoms with Crippen molar-refractivity contribution >= 4 is 5.69 Å². The number of halogens is 3. The summed E-state index contributed by atoms with van der Waals surface area (Å²) in [6.07, 6.45) is -2.79. The Morgan fingerprint density at radius 2 is 1.67 bits per heavy atom. The molecule has 2 atom stereocenters. The average Bonchev–Trinajstić information content (AvgIpc) is 3.03. The Balaban J connectivity index is 1.89. The number of nitrogens with one attached hydrogen (secondary N) is 1. The highest BCUT2D eigenvalue weighted by atomic mass is 19.4. The zero-order valence-electron chi connectivity index (χ0n) is 14.0. The Morgan fingerprint density at radius 1 is 0.963 bits per heavy atom. The van der Waals surface area contributed by atoms with Gasteiger partial charge in [-0.3, -0.25) is 4.98 Å². The fourth-order valence-corrected chi connectivity index (χ4v) is 3.62. The van der Waals surface area contributed by atoms with Crippen molar-refractivity contribution in [2.24, 2.45) is 0 Å². The van der Waals surface area contributed by atoms with E-state index in [9.17, 15) is 18.4 Å². The van der Waals surface area contributed by atoms with Gasteiger partial charge in [-0.1, -0.05) is 42.5 Å². The summed E-state index contributed by atoms with van der Waals surface area (Å²) in [5.41, 5.74) is 0.740. The van der Waals surface area contributed by atoms with Crippen LogP contribution in [0, 0.1) is 11.3 Å². The number of aromatic nitrogens is 1. The molecule has 0 aliphatic carbocycles. The molecule has 0 saturated carbocycles. The van der Waals surface area contributed by atoms with Crippen LogP contribution in [0.25, 0.3) is 0 Å². The fraction of sp³-hybridized carbons (Fsp3) is 0.143. The number of hydrogen-bond donors (Lipinski definition) is 1. The van der Waals surface area contributed by atoms with Gasteiger partial charge in [-0.2, -0.15) is 18.4 Å². The number of hydrogen-bond acceptors (Lipinski definition) is 3. The molecule has 0 unspecified atom stereocenters. The van der Waals surface area contributed by atoms with Gasteiger partial charge in [0.05, 0.1) is 29.1 Å². The second-order valence-corrected chi connectivity index (χ2v) is 6.38. The molecule has 0 amide bonds. The van der Waals surface area contributed by atoms with E-state index >= 15 is 0 Å². The quantitative estimate of drug-likeness (QED) is 0.689. The van der Waals surface area contributed by atoms with E-state index < -0.39 is 23.2 Å². The second kappa shape index (κ2) is 6.13. The minimum Gasteiger partial charge on any atom is -0.374 e. The largest absolute Gasteiger partial charge is 0.416 e. The lowest BCUT2D eigenvalue weighted by Gasteiger charge is -2.29. The summed E-state index contributed by atoms with van der Waals surface area (Å²) in [5.74, 6) is 0. The number of benzene rings is 2. The van der Waals surface area contributed by atoms with Gasteiger partial charge in [-0.05, 0) is 35.4 Å². The summed E-state index contributed by atoms with van der Waals surface area (Å²) in [6, 6.07) is 19.5. The molecule has 0 fully saturated rings. The predicted molar refractivity (Wildman–Crippen MR) is 94.9 cm³/mol. The summed E-state index contributed by atoms with van der Waals surface area (Å²) in [4.78, 5) is 4.43. The summed E-state index contributed by atoms with van der Waals surface area (Å²) < 4.78 is 38.8. The highest BCUT2D eigenvalue weighted by molar-refractivity contribution is 5.68. The van der Waals surface area contributed by atoms with Gasteiger partial charge < -0.3 is 5.32 Å². The van der Waals surface area contributed by atoms with Gasteiger partial charge in [0.1, 0.15) is 0 Å². The minimum absolute atomic E-state index is 0.558. The third-order valence-electron chi connectivity index (χ3n) is 4.89. The third kappa shape index (κ3) is 2.63. The van der Waals surface area contributed by atoms with Crippen LogP contribution in [0.15, 0.2) is 72.9 Å². The second-order valence-electron chi connectivity index (χ2n) is 6.38. The topological polar surface area (TPSA) is 48.7 Å². The van der Waals surface area contributed by atoms with E-state index in [1.165, 1.54) is 12.1 Å². The van der Waals surface area contributed by atoms with Gasteiger partial charge in [-0.15, -0.1) is 0 Å². The molecule has 1 N–H and O–H groups in total. The maximum Gasteiger partial charge on any atom is 0.416 e. The number of nitriles is 1. The van der Waals surface area contributed by atoms with E-state index in [0.717, 1.165) is 17.7 Å². The van der Waals surface area contributed by atoms with Gasteiger partial charge in [0.15, 0.2) is 5.41 Å². The molecule has 2 aromatic carbocycles. The summed E-state index contributed by atoms with van der Waals surface area (Å²) >= 11 is 0. The molecule has 1 aliphatic rings. The Kier molecular flexibility index (Phi) is 3.88. The van der Waals surface area contributed by atoms with E-state index in [2.05, 4.69) is 16.4 Å². The van der Waals surface area contributed by atoms with Crippen molar-refractivity contribution < 1.29 is 13.2 Å². The molecular formula is C21H14F3N3. The smallest absolute Gasteiger partial charge is 0.374 e. The molecule has 2 heterocycles. The van der Waals surface area contributed by atoms with Gasteiger partial charge in [0.2, 0.25) is 0 Å². The summed E-state index contributed by atoms with van der Waals surface area (Å²) in [7, 11) is 0. The molecule has 0 saturated heterocycles. The standard InChI is InChI=1S/C21H14F3N3/c22-21(23,24)16-10-8-14(9-11-16)18-20(13-25,15-5-2-1-3-6-15)19-17(27-18)7-4-12-26-19/h1-12,18,27H/t18-,20-/m1/s1. The number of pyridine rings is 1. The lowest BCUT2D eigenvalue weighted by Crippen LogP contribution is -2.32. The molecule has 0 bridgehead atoms. The zero-order valence-corrected chi connectivity index (χ0v) is 14.0. The van der Waals surface area contributed by atoms with Crippen LogP contribution in [-0.4, -0.2) is 4.98 Å². The van der Waals surface area contributed by atoms with Crippen molar-refractivity contribution in [2.75, 3.05) is 5.32 Å². The zero-order chi connectivity index (χ0) is 19.1. The average molecular weight is 365 g/mol. The molecule has 0 radical (unpaired) electrons. The van der Waals surface area contributed by atoms with Crippen molar-refractivity contribution in [2.45, 2.75) is 17.6 Å². The Bertz CT molecular complexity index is 1010. The van der Waals surface area contributed by atoms with Crippen LogP contribution in [-0.2, 0) is 11.6 Å². The Labute approximate surface area is 154 Å². The Morgan fingerprint density at radius 3 is 2.30 bits per heavy atom. The van der Waals surface area contributed by atoms with Crippen molar-refractivity contribution in [1.29, 1.82) is 5.26 Å². The first-order valence-electron chi connectivity index (χ1n) is 8.33. The SMILES string of the molecule is N#C[C@]1(c2ccccc2)c2ncccc2N[C@@H]1c1ccc(C(F)(F)F)cc1. The predicted octanol–water partition coefficient (Wildman–Crippen LogP) is 5.08. The van der Waals surface area contributed by atoms with Crippen molar-refractivity contribution in [3.8, 4) is 6.07 Å². The molecule has 3 aromatic rings. The number of fused-ring (bicyclic) bond motifs is 1. The van der Waals surface area contributed by atoms with E-state index in [1.807, 2.05) is 36.4 Å². The van der Waals surface area contributed by atoms with Crippen LogP contribution < -0.4 is 5.32 Å². The van der Waals surface area contributed by atoms with Crippen LogP contribution in [0.5, 0.6) is 0 Å². The first-order valence-corrected chi connectivity index (χ1v) is 8.33. The van der Waals surface area contributed by atoms with Crippen LogP contribution in [0.4, 0.5) is 18.9 Å². The lowest BCUT2D eigenvalue weighted by molar-refractivity contribution is -0.137. The van der Waals surface area contributed by atoms with Gasteiger partial charge in [0, 0.05) is 6.20 Å². The van der Waals surface area contributed by atoms with E-state index in [0.29, 0.717) is 16.9 Å². The van der Waals surface area contributed by atoms with Crippen LogP contribution in [0.3, 0.4) is 0 Å². The molecule has 1 aromatic heterocycles. The molecule has 1 aliphatic heterocycles.